The highest BCUT2D eigenvalue weighted by atomic mass is 32.1. The average Bonchev–Trinajstić information content (AvgIpc) is 2.99. The van der Waals surface area contributed by atoms with Gasteiger partial charge in [0.15, 0.2) is 6.54 Å². The number of fused-ring (bicyclic) bond motifs is 1. The third-order valence-electron chi connectivity index (χ3n) is 6.18. The lowest BCUT2D eigenvalue weighted by molar-refractivity contribution is -0.892. The zero-order valence-electron chi connectivity index (χ0n) is 18.4. The summed E-state index contributed by atoms with van der Waals surface area (Å²) in [5, 5.41) is 4.28. The van der Waals surface area contributed by atoms with E-state index in [9.17, 15) is 4.79 Å². The first-order chi connectivity index (χ1) is 14.3. The third-order valence-corrected chi connectivity index (χ3v) is 7.28. The minimum Gasteiger partial charge on any atom is -0.345 e. The van der Waals surface area contributed by atoms with Crippen LogP contribution in [-0.2, 0) is 4.79 Å². The van der Waals surface area contributed by atoms with Crippen molar-refractivity contribution in [3.8, 4) is 0 Å². The number of nitrogens with zero attached hydrogens (tertiary/aromatic N) is 3. The number of rotatable bonds is 4. The van der Waals surface area contributed by atoms with E-state index in [0.717, 1.165) is 53.9 Å². The third kappa shape index (κ3) is 4.04. The number of carbonyl (C=O) groups is 1. The summed E-state index contributed by atoms with van der Waals surface area (Å²) < 4.78 is 0. The van der Waals surface area contributed by atoms with Crippen LogP contribution in [0.15, 0.2) is 18.2 Å². The second kappa shape index (κ2) is 8.32. The minimum atomic E-state index is 0.0803. The molecule has 1 fully saturated rings. The monoisotopic (exact) mass is 424 g/mol. The number of aryl methyl sites for hydroxylation is 4. The van der Waals surface area contributed by atoms with Crippen molar-refractivity contribution in [3.05, 3.63) is 45.6 Å². The highest BCUT2D eigenvalue weighted by Gasteiger charge is 2.26. The number of thiophene rings is 1. The summed E-state index contributed by atoms with van der Waals surface area (Å²) in [6.45, 7) is 14.5. The fraction of sp³-hybridized carbons (Fsp3) is 0.435. The SMILES string of the molecule is Cc1nc(N2CC[NH+](CC(=O)Nc3cccc(C)c3C)CC2)c2c(C)c(C)sc2n1. The fourth-order valence-corrected chi connectivity index (χ4v) is 5.15. The number of hydrogen-bond donors (Lipinski definition) is 2. The van der Waals surface area contributed by atoms with E-state index in [1.165, 1.54) is 26.3 Å². The number of benzene rings is 1. The first-order valence-electron chi connectivity index (χ1n) is 10.5. The Morgan fingerprint density at radius 2 is 1.83 bits per heavy atom. The summed E-state index contributed by atoms with van der Waals surface area (Å²) in [6, 6.07) is 6.03. The van der Waals surface area contributed by atoms with Gasteiger partial charge in [0.25, 0.3) is 5.91 Å². The molecule has 0 radical (unpaired) electrons. The zero-order valence-corrected chi connectivity index (χ0v) is 19.2. The van der Waals surface area contributed by atoms with Gasteiger partial charge in [-0.25, -0.2) is 9.97 Å². The lowest BCUT2D eigenvalue weighted by Gasteiger charge is -2.33. The molecule has 0 spiro atoms. The van der Waals surface area contributed by atoms with Gasteiger partial charge in [-0.1, -0.05) is 12.1 Å². The van der Waals surface area contributed by atoms with E-state index in [4.69, 9.17) is 4.98 Å². The van der Waals surface area contributed by atoms with E-state index in [1.807, 2.05) is 19.1 Å². The molecular formula is C23H30N5OS+. The highest BCUT2D eigenvalue weighted by molar-refractivity contribution is 7.18. The van der Waals surface area contributed by atoms with Crippen LogP contribution in [0.1, 0.15) is 27.4 Å². The summed E-state index contributed by atoms with van der Waals surface area (Å²) in [5.74, 6) is 1.95. The number of quaternary nitrogens is 1. The summed E-state index contributed by atoms with van der Waals surface area (Å²) in [7, 11) is 0. The van der Waals surface area contributed by atoms with Crippen LogP contribution in [0.3, 0.4) is 0 Å². The average molecular weight is 425 g/mol. The molecule has 2 N–H and O–H groups in total. The molecule has 2 aromatic heterocycles. The quantitative estimate of drug-likeness (QED) is 0.676. The van der Waals surface area contributed by atoms with Gasteiger partial charge in [0.2, 0.25) is 0 Å². The van der Waals surface area contributed by atoms with Gasteiger partial charge in [-0.05, 0) is 57.4 Å². The number of aromatic nitrogens is 2. The molecule has 4 rings (SSSR count). The summed E-state index contributed by atoms with van der Waals surface area (Å²) in [6.07, 6.45) is 0. The Morgan fingerprint density at radius 3 is 2.57 bits per heavy atom. The van der Waals surface area contributed by atoms with Gasteiger partial charge in [0.1, 0.15) is 16.5 Å². The van der Waals surface area contributed by atoms with Crippen molar-refractivity contribution in [2.24, 2.45) is 0 Å². The second-order valence-corrected chi connectivity index (χ2v) is 9.47. The van der Waals surface area contributed by atoms with Crippen LogP contribution in [0.25, 0.3) is 10.2 Å². The number of anilines is 2. The standard InChI is InChI=1S/C23H29N5OS/c1-14-7-6-8-19(15(14)2)26-20(29)13-27-9-11-28(12-10-27)22-21-16(3)17(4)30-23(21)25-18(5)24-22/h6-8H,9-13H2,1-5H3,(H,26,29)/p+1. The molecule has 6 nitrogen and oxygen atoms in total. The zero-order chi connectivity index (χ0) is 21.4. The molecule has 0 bridgehead atoms. The molecule has 30 heavy (non-hydrogen) atoms. The van der Waals surface area contributed by atoms with Gasteiger partial charge in [-0.3, -0.25) is 4.79 Å². The van der Waals surface area contributed by atoms with E-state index in [0.29, 0.717) is 6.54 Å². The maximum atomic E-state index is 12.6. The number of amides is 1. The Balaban J connectivity index is 1.41. The van der Waals surface area contributed by atoms with Crippen molar-refractivity contribution in [3.63, 3.8) is 0 Å². The maximum Gasteiger partial charge on any atom is 0.279 e. The fourth-order valence-electron chi connectivity index (χ4n) is 4.08. The van der Waals surface area contributed by atoms with Crippen LogP contribution in [0.4, 0.5) is 11.5 Å². The van der Waals surface area contributed by atoms with Gasteiger partial charge in [-0.2, -0.15) is 0 Å². The molecule has 1 saturated heterocycles. The molecule has 0 atom stereocenters. The van der Waals surface area contributed by atoms with Gasteiger partial charge in [-0.15, -0.1) is 11.3 Å². The van der Waals surface area contributed by atoms with Gasteiger partial charge < -0.3 is 15.1 Å². The van der Waals surface area contributed by atoms with Gasteiger partial charge in [0.05, 0.1) is 31.6 Å². The van der Waals surface area contributed by atoms with Crippen molar-refractivity contribution in [2.45, 2.75) is 34.6 Å². The predicted molar refractivity (Wildman–Crippen MR) is 124 cm³/mol. The Hall–Kier alpha value is -2.51. The van der Waals surface area contributed by atoms with Gasteiger partial charge in [0, 0.05) is 10.6 Å². The van der Waals surface area contributed by atoms with Crippen LogP contribution in [0, 0.1) is 34.6 Å². The van der Waals surface area contributed by atoms with E-state index >= 15 is 0 Å². The molecule has 1 aliphatic rings. The normalized spacial score (nSPS) is 15.0. The summed E-state index contributed by atoms with van der Waals surface area (Å²) in [5.41, 5.74) is 4.53. The summed E-state index contributed by atoms with van der Waals surface area (Å²) >= 11 is 1.75. The molecule has 158 valence electrons. The molecule has 0 aliphatic carbocycles. The first-order valence-corrected chi connectivity index (χ1v) is 11.3. The molecule has 3 heterocycles. The number of carbonyl (C=O) groups excluding carboxylic acids is 1. The molecular weight excluding hydrogens is 394 g/mol. The van der Waals surface area contributed by atoms with Crippen molar-refractivity contribution in [1.29, 1.82) is 0 Å². The maximum absolute atomic E-state index is 12.6. The molecule has 7 heteroatoms. The predicted octanol–water partition coefficient (Wildman–Crippen LogP) is 2.58. The molecule has 3 aromatic rings. The summed E-state index contributed by atoms with van der Waals surface area (Å²) in [4.78, 5) is 28.1. The van der Waals surface area contributed by atoms with E-state index < -0.39 is 0 Å². The van der Waals surface area contributed by atoms with Crippen LogP contribution < -0.4 is 15.1 Å². The number of hydrogen-bond acceptors (Lipinski definition) is 5. The lowest BCUT2D eigenvalue weighted by Crippen LogP contribution is -3.15. The van der Waals surface area contributed by atoms with E-state index in [-0.39, 0.29) is 5.91 Å². The van der Waals surface area contributed by atoms with Gasteiger partial charge >= 0.3 is 0 Å². The van der Waals surface area contributed by atoms with Crippen molar-refractivity contribution in [2.75, 3.05) is 42.9 Å². The molecule has 1 aromatic carbocycles. The van der Waals surface area contributed by atoms with Crippen molar-refractivity contribution < 1.29 is 9.69 Å². The first kappa shape index (κ1) is 20.8. The molecule has 1 aliphatic heterocycles. The Morgan fingerprint density at radius 1 is 1.10 bits per heavy atom. The van der Waals surface area contributed by atoms with Crippen LogP contribution in [-0.4, -0.2) is 48.6 Å². The topological polar surface area (TPSA) is 62.6 Å². The second-order valence-electron chi connectivity index (χ2n) is 8.27. The van der Waals surface area contributed by atoms with E-state index in [1.54, 1.807) is 11.3 Å². The lowest BCUT2D eigenvalue weighted by atomic mass is 10.1. The Bertz CT molecular complexity index is 1100. The number of piperazine rings is 1. The van der Waals surface area contributed by atoms with Crippen molar-refractivity contribution in [1.82, 2.24) is 9.97 Å². The smallest absolute Gasteiger partial charge is 0.279 e. The minimum absolute atomic E-state index is 0.0803. The van der Waals surface area contributed by atoms with E-state index in [2.05, 4.69) is 49.0 Å². The van der Waals surface area contributed by atoms with Crippen LogP contribution in [0.5, 0.6) is 0 Å². The van der Waals surface area contributed by atoms with Crippen LogP contribution in [0.2, 0.25) is 0 Å². The van der Waals surface area contributed by atoms with Crippen LogP contribution >= 0.6 is 11.3 Å². The molecule has 1 amide bonds. The molecule has 0 unspecified atom stereocenters. The Labute approximate surface area is 181 Å². The number of nitrogens with one attached hydrogen (secondary N) is 2. The Kier molecular flexibility index (Phi) is 5.75. The largest absolute Gasteiger partial charge is 0.345 e. The van der Waals surface area contributed by atoms with Crippen molar-refractivity contribution >= 4 is 39.0 Å². The highest BCUT2D eigenvalue weighted by Crippen LogP contribution is 2.34. The molecule has 0 saturated carbocycles.